The van der Waals surface area contributed by atoms with Crippen LogP contribution in [0.3, 0.4) is 0 Å². The molecule has 1 atom stereocenters. The van der Waals surface area contributed by atoms with Gasteiger partial charge >= 0.3 is 0 Å². The third kappa shape index (κ3) is 3.87. The summed E-state index contributed by atoms with van der Waals surface area (Å²) in [6.45, 7) is 1.83. The van der Waals surface area contributed by atoms with Crippen molar-refractivity contribution in [3.05, 3.63) is 98.4 Å². The van der Waals surface area contributed by atoms with E-state index in [1.54, 1.807) is 16.8 Å². The molecule has 2 aromatic heterocycles. The summed E-state index contributed by atoms with van der Waals surface area (Å²) >= 11 is 1.51. The zero-order chi connectivity index (χ0) is 22.9. The third-order valence-electron chi connectivity index (χ3n) is 5.26. The normalized spacial score (nSPS) is 15.0. The number of fused-ring (bicyclic) bond motifs is 1. The number of nitrogens with one attached hydrogen (secondary N) is 2. The van der Waals surface area contributed by atoms with Crippen molar-refractivity contribution >= 4 is 34.6 Å². The molecule has 0 saturated heterocycles. The van der Waals surface area contributed by atoms with Crippen LogP contribution in [0.5, 0.6) is 0 Å². The first-order valence-corrected chi connectivity index (χ1v) is 11.0. The summed E-state index contributed by atoms with van der Waals surface area (Å²) < 4.78 is 1.66. The van der Waals surface area contributed by atoms with Crippen molar-refractivity contribution in [2.75, 3.05) is 10.6 Å². The third-order valence-corrected chi connectivity index (χ3v) is 6.18. The van der Waals surface area contributed by atoms with E-state index in [-0.39, 0.29) is 11.6 Å². The molecule has 5 rings (SSSR count). The van der Waals surface area contributed by atoms with Crippen molar-refractivity contribution in [3.8, 4) is 11.4 Å². The maximum absolute atomic E-state index is 13.3. The Hall–Kier alpha value is -4.31. The number of amides is 1. The summed E-state index contributed by atoms with van der Waals surface area (Å²) in [5.74, 6) is 0.548. The van der Waals surface area contributed by atoms with Crippen LogP contribution in [0.4, 0.5) is 17.3 Å². The molecule has 1 aliphatic heterocycles. The molecule has 10 heteroatoms. The minimum atomic E-state index is -0.495. The number of para-hydroxylation sites is 1. The van der Waals surface area contributed by atoms with Crippen molar-refractivity contribution in [2.24, 2.45) is 0 Å². The molecule has 33 heavy (non-hydrogen) atoms. The van der Waals surface area contributed by atoms with Crippen LogP contribution < -0.4 is 10.6 Å². The van der Waals surface area contributed by atoms with E-state index < -0.39 is 11.0 Å². The molecule has 0 saturated carbocycles. The lowest BCUT2D eigenvalue weighted by Gasteiger charge is -2.27. The fourth-order valence-corrected chi connectivity index (χ4v) is 4.57. The fourth-order valence-electron chi connectivity index (χ4n) is 3.76. The van der Waals surface area contributed by atoms with Gasteiger partial charge in [-0.25, -0.2) is 4.68 Å². The lowest BCUT2D eigenvalue weighted by Crippen LogP contribution is -2.31. The number of benzene rings is 2. The highest BCUT2D eigenvalue weighted by atomic mass is 32.1. The first-order valence-electron chi connectivity index (χ1n) is 10.1. The van der Waals surface area contributed by atoms with Crippen molar-refractivity contribution in [1.82, 2.24) is 14.8 Å². The lowest BCUT2D eigenvalue weighted by atomic mass is 10.0. The Morgan fingerprint density at radius 3 is 2.70 bits per heavy atom. The fraction of sp³-hybridized carbons (Fsp3) is 0.0870. The number of thiophene rings is 1. The first-order chi connectivity index (χ1) is 16.0. The summed E-state index contributed by atoms with van der Waals surface area (Å²) in [7, 11) is 0. The predicted molar refractivity (Wildman–Crippen MR) is 126 cm³/mol. The van der Waals surface area contributed by atoms with Crippen LogP contribution in [0.25, 0.3) is 11.4 Å². The van der Waals surface area contributed by atoms with Crippen LogP contribution in [0.2, 0.25) is 0 Å². The molecule has 164 valence electrons. The second-order valence-electron chi connectivity index (χ2n) is 7.41. The predicted octanol–water partition coefficient (Wildman–Crippen LogP) is 4.84. The molecule has 4 aromatic rings. The molecular formula is C23H18N6O3S. The topological polar surface area (TPSA) is 115 Å². The number of carbonyl (C=O) groups excluding carboxylic acids is 1. The number of nitro groups is 1. The quantitative estimate of drug-likeness (QED) is 0.327. The number of allylic oxidation sites excluding steroid dienone is 1. The summed E-state index contributed by atoms with van der Waals surface area (Å²) in [6.07, 6.45) is 0. The van der Waals surface area contributed by atoms with Crippen LogP contribution in [0, 0.1) is 10.1 Å². The monoisotopic (exact) mass is 458 g/mol. The Bertz CT molecular complexity index is 1380. The maximum Gasteiger partial charge on any atom is 0.270 e. The van der Waals surface area contributed by atoms with Gasteiger partial charge in [0, 0.05) is 34.0 Å². The molecule has 1 unspecified atom stereocenters. The SMILES string of the molecule is CC1=C(C(=O)Nc2ccccc2)C(c2cccs2)n2nc(-c3cccc([N+](=O)[O-])c3)nc2N1. The lowest BCUT2D eigenvalue weighted by molar-refractivity contribution is -0.384. The standard InChI is InChI=1S/C23H18N6O3S/c1-14-19(22(30)25-16-8-3-2-4-9-16)20(18-11-6-12-33-18)28-23(24-14)26-21(27-28)15-7-5-10-17(13-15)29(31)32/h2-13,20H,1H3,(H,25,30)(H,24,26,27). The van der Waals surface area contributed by atoms with E-state index in [9.17, 15) is 14.9 Å². The number of nitrogens with zero attached hydrogens (tertiary/aromatic N) is 4. The van der Waals surface area contributed by atoms with Gasteiger partial charge in [-0.3, -0.25) is 14.9 Å². The van der Waals surface area contributed by atoms with E-state index in [2.05, 4.69) is 20.7 Å². The highest BCUT2D eigenvalue weighted by Crippen LogP contribution is 2.38. The summed E-state index contributed by atoms with van der Waals surface area (Å²) in [5.41, 5.74) is 2.34. The second kappa shape index (κ2) is 8.32. The van der Waals surface area contributed by atoms with E-state index in [0.717, 1.165) is 4.88 Å². The summed E-state index contributed by atoms with van der Waals surface area (Å²) in [6, 6.07) is 18.8. The number of hydrogen-bond donors (Lipinski definition) is 2. The summed E-state index contributed by atoms with van der Waals surface area (Å²) in [4.78, 5) is 29.6. The van der Waals surface area contributed by atoms with Crippen molar-refractivity contribution < 1.29 is 9.72 Å². The molecule has 9 nitrogen and oxygen atoms in total. The van der Waals surface area contributed by atoms with E-state index in [1.807, 2.05) is 54.8 Å². The van der Waals surface area contributed by atoms with Crippen LogP contribution in [-0.2, 0) is 4.79 Å². The van der Waals surface area contributed by atoms with E-state index in [1.165, 1.54) is 23.5 Å². The van der Waals surface area contributed by atoms with Gasteiger partial charge in [0.2, 0.25) is 5.95 Å². The molecule has 0 aliphatic carbocycles. The van der Waals surface area contributed by atoms with E-state index in [4.69, 9.17) is 0 Å². The molecule has 0 fully saturated rings. The largest absolute Gasteiger partial charge is 0.328 e. The molecule has 0 spiro atoms. The maximum atomic E-state index is 13.3. The Kier molecular flexibility index (Phi) is 5.19. The highest BCUT2D eigenvalue weighted by Gasteiger charge is 2.35. The Labute approximate surface area is 192 Å². The zero-order valence-corrected chi connectivity index (χ0v) is 18.2. The number of rotatable bonds is 5. The zero-order valence-electron chi connectivity index (χ0n) is 17.4. The average Bonchev–Trinajstić information content (AvgIpc) is 3.49. The van der Waals surface area contributed by atoms with Gasteiger partial charge in [0.25, 0.3) is 11.6 Å². The van der Waals surface area contributed by atoms with E-state index >= 15 is 0 Å². The molecule has 3 heterocycles. The molecular weight excluding hydrogens is 440 g/mol. The van der Waals surface area contributed by atoms with Gasteiger partial charge in [-0.15, -0.1) is 16.4 Å². The first kappa shape index (κ1) is 20.6. The number of non-ortho nitro benzene ring substituents is 1. The number of hydrogen-bond acceptors (Lipinski definition) is 7. The van der Waals surface area contributed by atoms with Gasteiger partial charge in [-0.2, -0.15) is 4.98 Å². The molecule has 1 amide bonds. The Morgan fingerprint density at radius 2 is 1.97 bits per heavy atom. The van der Waals surface area contributed by atoms with Gasteiger partial charge in [0.1, 0.15) is 6.04 Å². The van der Waals surface area contributed by atoms with Gasteiger partial charge in [-0.1, -0.05) is 36.4 Å². The second-order valence-corrected chi connectivity index (χ2v) is 8.39. The van der Waals surface area contributed by atoms with Gasteiger partial charge in [0.05, 0.1) is 10.5 Å². The molecule has 0 radical (unpaired) electrons. The minimum Gasteiger partial charge on any atom is -0.328 e. The number of anilines is 2. The summed E-state index contributed by atoms with van der Waals surface area (Å²) in [5, 5.41) is 23.9. The van der Waals surface area contributed by atoms with Crippen LogP contribution in [0.15, 0.2) is 83.4 Å². The average molecular weight is 459 g/mol. The van der Waals surface area contributed by atoms with Gasteiger partial charge in [-0.05, 0) is 30.5 Å². The van der Waals surface area contributed by atoms with Crippen molar-refractivity contribution in [1.29, 1.82) is 0 Å². The smallest absolute Gasteiger partial charge is 0.270 e. The van der Waals surface area contributed by atoms with Crippen LogP contribution in [0.1, 0.15) is 17.8 Å². The number of aromatic nitrogens is 3. The number of carbonyl (C=O) groups is 1. The van der Waals surface area contributed by atoms with Crippen LogP contribution in [-0.4, -0.2) is 25.6 Å². The van der Waals surface area contributed by atoms with Gasteiger partial charge in [0.15, 0.2) is 5.82 Å². The molecule has 1 aliphatic rings. The minimum absolute atomic E-state index is 0.0414. The van der Waals surface area contributed by atoms with Crippen molar-refractivity contribution in [2.45, 2.75) is 13.0 Å². The molecule has 2 N–H and O–H groups in total. The van der Waals surface area contributed by atoms with Crippen LogP contribution >= 0.6 is 11.3 Å². The van der Waals surface area contributed by atoms with Crippen molar-refractivity contribution in [3.63, 3.8) is 0 Å². The van der Waals surface area contributed by atoms with E-state index in [0.29, 0.717) is 34.3 Å². The Balaban J connectivity index is 1.57. The number of nitro benzene ring substituents is 1. The highest BCUT2D eigenvalue weighted by molar-refractivity contribution is 7.10. The molecule has 0 bridgehead atoms. The van der Waals surface area contributed by atoms with Gasteiger partial charge < -0.3 is 10.6 Å². The molecule has 2 aromatic carbocycles. The Morgan fingerprint density at radius 1 is 1.15 bits per heavy atom.